The summed E-state index contributed by atoms with van der Waals surface area (Å²) in [6.07, 6.45) is 9.26. The first-order chi connectivity index (χ1) is 9.74. The lowest BCUT2D eigenvalue weighted by Crippen LogP contribution is -2.34. The van der Waals surface area contributed by atoms with Gasteiger partial charge in [0.15, 0.2) is 0 Å². The van der Waals surface area contributed by atoms with E-state index >= 15 is 0 Å². The van der Waals surface area contributed by atoms with Crippen LogP contribution in [0.15, 0.2) is 36.7 Å². The van der Waals surface area contributed by atoms with Crippen LogP contribution in [-0.4, -0.2) is 11.5 Å². The largest absolute Gasteiger partial charge is 0.310 e. The molecule has 0 amide bonds. The maximum Gasteiger partial charge on any atom is 0.0380 e. The normalized spacial score (nSPS) is 19.3. The molecule has 0 spiro atoms. The molecule has 1 atom stereocenters. The minimum absolute atomic E-state index is 0.383. The Morgan fingerprint density at radius 2 is 2.05 bits per heavy atom. The molecular weight excluding hydrogens is 244 g/mol. The third-order valence-electron chi connectivity index (χ3n) is 4.88. The van der Waals surface area contributed by atoms with Crippen LogP contribution in [0, 0.1) is 5.41 Å². The van der Waals surface area contributed by atoms with Crippen molar-refractivity contribution < 1.29 is 0 Å². The first-order valence-electron chi connectivity index (χ1n) is 7.80. The standard InChI is InChI=1S/C18H24N2/c1-3-20-17(18(2)10-4-5-11-18)16-8-6-7-14-13-19-12-9-15(14)16/h6-9,12-13,17,20H,3-5,10-11H2,1-2H3. The van der Waals surface area contributed by atoms with E-state index in [1.165, 1.54) is 42.0 Å². The van der Waals surface area contributed by atoms with Crippen molar-refractivity contribution in [2.45, 2.75) is 45.6 Å². The highest BCUT2D eigenvalue weighted by molar-refractivity contribution is 5.85. The second-order valence-corrected chi connectivity index (χ2v) is 6.30. The van der Waals surface area contributed by atoms with Crippen LogP contribution < -0.4 is 5.32 Å². The molecule has 1 saturated carbocycles. The number of fused-ring (bicyclic) bond motifs is 1. The van der Waals surface area contributed by atoms with Gasteiger partial charge >= 0.3 is 0 Å². The van der Waals surface area contributed by atoms with Crippen LogP contribution >= 0.6 is 0 Å². The van der Waals surface area contributed by atoms with E-state index in [1.54, 1.807) is 0 Å². The smallest absolute Gasteiger partial charge is 0.0380 e. The monoisotopic (exact) mass is 268 g/mol. The molecule has 0 saturated heterocycles. The number of hydrogen-bond donors (Lipinski definition) is 1. The molecule has 1 unspecified atom stereocenters. The number of hydrogen-bond acceptors (Lipinski definition) is 2. The Bertz CT molecular complexity index is 579. The highest BCUT2D eigenvalue weighted by Gasteiger charge is 2.37. The van der Waals surface area contributed by atoms with E-state index in [0.29, 0.717) is 11.5 Å². The third kappa shape index (κ3) is 2.33. The first kappa shape index (κ1) is 13.6. The Balaban J connectivity index is 2.09. The van der Waals surface area contributed by atoms with Crippen LogP contribution in [0.4, 0.5) is 0 Å². The van der Waals surface area contributed by atoms with Crippen LogP contribution in [0.2, 0.25) is 0 Å². The Hall–Kier alpha value is -1.41. The lowest BCUT2D eigenvalue weighted by atomic mass is 9.76. The molecule has 0 aliphatic heterocycles. The van der Waals surface area contributed by atoms with Gasteiger partial charge in [0.2, 0.25) is 0 Å². The average molecular weight is 268 g/mol. The molecule has 1 aliphatic carbocycles. The van der Waals surface area contributed by atoms with Crippen LogP contribution in [-0.2, 0) is 0 Å². The molecule has 106 valence electrons. The average Bonchev–Trinajstić information content (AvgIpc) is 2.92. The number of aromatic nitrogens is 1. The number of nitrogens with zero attached hydrogens (tertiary/aromatic N) is 1. The molecule has 1 aromatic carbocycles. The molecule has 2 nitrogen and oxygen atoms in total. The topological polar surface area (TPSA) is 24.9 Å². The second kappa shape index (κ2) is 5.53. The molecule has 20 heavy (non-hydrogen) atoms. The fraction of sp³-hybridized carbons (Fsp3) is 0.500. The molecule has 1 fully saturated rings. The molecule has 1 heterocycles. The van der Waals surface area contributed by atoms with Crippen molar-refractivity contribution in [1.29, 1.82) is 0 Å². The lowest BCUT2D eigenvalue weighted by molar-refractivity contribution is 0.227. The van der Waals surface area contributed by atoms with Crippen molar-refractivity contribution in [2.75, 3.05) is 6.54 Å². The highest BCUT2D eigenvalue weighted by Crippen LogP contribution is 2.48. The van der Waals surface area contributed by atoms with Crippen LogP contribution in [0.1, 0.15) is 51.1 Å². The van der Waals surface area contributed by atoms with Crippen LogP contribution in [0.5, 0.6) is 0 Å². The Morgan fingerprint density at radius 3 is 2.80 bits per heavy atom. The van der Waals surface area contributed by atoms with Gasteiger partial charge in [0.05, 0.1) is 0 Å². The zero-order valence-corrected chi connectivity index (χ0v) is 12.5. The summed E-state index contributed by atoms with van der Waals surface area (Å²) < 4.78 is 0. The molecule has 1 aliphatic rings. The van der Waals surface area contributed by atoms with E-state index in [-0.39, 0.29) is 0 Å². The van der Waals surface area contributed by atoms with Gasteiger partial charge in [0.1, 0.15) is 0 Å². The van der Waals surface area contributed by atoms with Gasteiger partial charge in [-0.2, -0.15) is 0 Å². The summed E-state index contributed by atoms with van der Waals surface area (Å²) in [6, 6.07) is 9.22. The summed E-state index contributed by atoms with van der Waals surface area (Å²) in [7, 11) is 0. The SMILES string of the molecule is CCNC(c1cccc2cnccc12)C1(C)CCCC1. The van der Waals surface area contributed by atoms with E-state index in [2.05, 4.69) is 48.4 Å². The van der Waals surface area contributed by atoms with E-state index in [1.807, 2.05) is 12.4 Å². The van der Waals surface area contributed by atoms with Crippen LogP contribution in [0.25, 0.3) is 10.8 Å². The quantitative estimate of drug-likeness (QED) is 0.885. The van der Waals surface area contributed by atoms with Crippen molar-refractivity contribution in [1.82, 2.24) is 10.3 Å². The molecule has 2 heteroatoms. The molecule has 2 aromatic rings. The maximum absolute atomic E-state index is 4.25. The summed E-state index contributed by atoms with van der Waals surface area (Å²) in [5.41, 5.74) is 1.82. The minimum atomic E-state index is 0.383. The molecule has 3 rings (SSSR count). The van der Waals surface area contributed by atoms with Gasteiger partial charge in [-0.15, -0.1) is 0 Å². The van der Waals surface area contributed by atoms with Gasteiger partial charge in [0.25, 0.3) is 0 Å². The summed E-state index contributed by atoms with van der Waals surface area (Å²) >= 11 is 0. The van der Waals surface area contributed by atoms with Crippen molar-refractivity contribution in [2.24, 2.45) is 5.41 Å². The zero-order valence-electron chi connectivity index (χ0n) is 12.5. The van der Waals surface area contributed by atoms with Gasteiger partial charge in [0, 0.05) is 23.8 Å². The molecule has 0 radical (unpaired) electrons. The van der Waals surface area contributed by atoms with Gasteiger partial charge < -0.3 is 5.32 Å². The van der Waals surface area contributed by atoms with Crippen molar-refractivity contribution in [3.63, 3.8) is 0 Å². The fourth-order valence-electron chi connectivity index (χ4n) is 3.81. The maximum atomic E-state index is 4.25. The molecular formula is C18H24N2. The third-order valence-corrected chi connectivity index (χ3v) is 4.88. The van der Waals surface area contributed by atoms with Gasteiger partial charge in [-0.05, 0) is 41.8 Å². The van der Waals surface area contributed by atoms with E-state index in [9.17, 15) is 0 Å². The minimum Gasteiger partial charge on any atom is -0.310 e. The molecule has 1 N–H and O–H groups in total. The Labute approximate surface area is 121 Å². The predicted octanol–water partition coefficient (Wildman–Crippen LogP) is 4.47. The van der Waals surface area contributed by atoms with E-state index in [4.69, 9.17) is 0 Å². The summed E-state index contributed by atoms with van der Waals surface area (Å²) in [5, 5.41) is 6.35. The number of benzene rings is 1. The number of rotatable bonds is 4. The van der Waals surface area contributed by atoms with E-state index < -0.39 is 0 Å². The van der Waals surface area contributed by atoms with E-state index in [0.717, 1.165) is 6.54 Å². The van der Waals surface area contributed by atoms with Gasteiger partial charge in [-0.25, -0.2) is 0 Å². The number of nitrogens with one attached hydrogen (secondary N) is 1. The number of pyridine rings is 1. The van der Waals surface area contributed by atoms with Crippen molar-refractivity contribution in [3.05, 3.63) is 42.2 Å². The second-order valence-electron chi connectivity index (χ2n) is 6.30. The Morgan fingerprint density at radius 1 is 1.25 bits per heavy atom. The summed E-state index contributed by atoms with van der Waals surface area (Å²) in [5.74, 6) is 0. The zero-order chi connectivity index (χ0) is 14.0. The first-order valence-corrected chi connectivity index (χ1v) is 7.80. The summed E-state index contributed by atoms with van der Waals surface area (Å²) in [6.45, 7) is 5.67. The highest BCUT2D eigenvalue weighted by atomic mass is 14.9. The fourth-order valence-corrected chi connectivity index (χ4v) is 3.81. The van der Waals surface area contributed by atoms with Crippen molar-refractivity contribution >= 4 is 10.8 Å². The van der Waals surface area contributed by atoms with Crippen LogP contribution in [0.3, 0.4) is 0 Å². The predicted molar refractivity (Wildman–Crippen MR) is 84.7 cm³/mol. The summed E-state index contributed by atoms with van der Waals surface area (Å²) in [4.78, 5) is 4.25. The van der Waals surface area contributed by atoms with Crippen molar-refractivity contribution in [3.8, 4) is 0 Å². The van der Waals surface area contributed by atoms with Gasteiger partial charge in [-0.1, -0.05) is 44.9 Å². The molecule has 1 aromatic heterocycles. The Kier molecular flexibility index (Phi) is 3.75. The van der Waals surface area contributed by atoms with Gasteiger partial charge in [-0.3, -0.25) is 4.98 Å². The lowest BCUT2D eigenvalue weighted by Gasteiger charge is -2.36. The molecule has 0 bridgehead atoms.